The first-order valence-corrected chi connectivity index (χ1v) is 5.27. The van der Waals surface area contributed by atoms with Gasteiger partial charge in [0.05, 0.1) is 6.07 Å². The Morgan fingerprint density at radius 1 is 1.35 bits per heavy atom. The second-order valence-electron chi connectivity index (χ2n) is 3.62. The number of carbonyl (C=O) groups excluding carboxylic acids is 1. The molecule has 0 bridgehead atoms. The largest absolute Gasteiger partial charge is 0.508 e. The van der Waals surface area contributed by atoms with Gasteiger partial charge in [0, 0.05) is 18.2 Å². The predicted octanol–water partition coefficient (Wildman–Crippen LogP) is 1.47. The van der Waals surface area contributed by atoms with Crippen molar-refractivity contribution in [1.29, 1.82) is 5.26 Å². The average Bonchev–Trinajstić information content (AvgIpc) is 2.26. The summed E-state index contributed by atoms with van der Waals surface area (Å²) in [6.07, 6.45) is 0.734. The Balaban J connectivity index is 2.96. The van der Waals surface area contributed by atoms with Gasteiger partial charge >= 0.3 is 0 Å². The summed E-state index contributed by atoms with van der Waals surface area (Å²) >= 11 is 0. The van der Waals surface area contributed by atoms with Crippen LogP contribution < -0.4 is 0 Å². The molecule has 0 aliphatic carbocycles. The Morgan fingerprint density at radius 2 is 1.94 bits per heavy atom. The van der Waals surface area contributed by atoms with Crippen molar-refractivity contribution in [3.8, 4) is 17.6 Å². The molecule has 0 radical (unpaired) electrons. The monoisotopic (exact) mass is 234 g/mol. The Bertz CT molecular complexity index is 431. The van der Waals surface area contributed by atoms with Gasteiger partial charge in [0.25, 0.3) is 5.91 Å². The van der Waals surface area contributed by atoms with Gasteiger partial charge < -0.3 is 15.1 Å². The molecule has 0 atom stereocenters. The van der Waals surface area contributed by atoms with Crippen molar-refractivity contribution in [3.63, 3.8) is 0 Å². The number of nitrogens with zero attached hydrogens (tertiary/aromatic N) is 2. The number of amides is 1. The first-order valence-electron chi connectivity index (χ1n) is 5.27. The molecule has 90 valence electrons. The normalized spacial score (nSPS) is 9.65. The fourth-order valence-corrected chi connectivity index (χ4v) is 1.51. The first-order chi connectivity index (χ1) is 8.08. The number of benzene rings is 1. The zero-order valence-electron chi connectivity index (χ0n) is 9.55. The third kappa shape index (κ3) is 3.38. The maximum atomic E-state index is 12.0. The maximum Gasteiger partial charge on any atom is 0.254 e. The third-order valence-corrected chi connectivity index (χ3v) is 2.19. The van der Waals surface area contributed by atoms with Gasteiger partial charge in [-0.3, -0.25) is 4.79 Å². The molecule has 0 fully saturated rings. The lowest BCUT2D eigenvalue weighted by atomic mass is 10.1. The van der Waals surface area contributed by atoms with Crippen molar-refractivity contribution in [3.05, 3.63) is 23.8 Å². The second-order valence-corrected chi connectivity index (χ2v) is 3.62. The summed E-state index contributed by atoms with van der Waals surface area (Å²) in [6.45, 7) is 2.35. The van der Waals surface area contributed by atoms with Gasteiger partial charge in [-0.1, -0.05) is 6.92 Å². The Labute approximate surface area is 99.5 Å². The number of nitriles is 1. The van der Waals surface area contributed by atoms with Crippen LogP contribution in [0.1, 0.15) is 23.7 Å². The van der Waals surface area contributed by atoms with E-state index in [0.29, 0.717) is 6.54 Å². The zero-order valence-corrected chi connectivity index (χ0v) is 9.55. The highest BCUT2D eigenvalue weighted by Crippen LogP contribution is 2.21. The summed E-state index contributed by atoms with van der Waals surface area (Å²) in [4.78, 5) is 13.4. The van der Waals surface area contributed by atoms with Gasteiger partial charge in [0.1, 0.15) is 18.0 Å². The lowest BCUT2D eigenvalue weighted by molar-refractivity contribution is 0.0775. The van der Waals surface area contributed by atoms with Crippen LogP contribution >= 0.6 is 0 Å². The van der Waals surface area contributed by atoms with Gasteiger partial charge in [-0.05, 0) is 18.6 Å². The van der Waals surface area contributed by atoms with Crippen molar-refractivity contribution in [1.82, 2.24) is 4.90 Å². The van der Waals surface area contributed by atoms with Gasteiger partial charge in [-0.2, -0.15) is 5.26 Å². The average molecular weight is 234 g/mol. The molecular formula is C12H14N2O3. The SMILES string of the molecule is CCCN(CC#N)C(=O)c1cc(O)cc(O)c1. The van der Waals surface area contributed by atoms with E-state index in [0.717, 1.165) is 12.5 Å². The van der Waals surface area contributed by atoms with Crippen LogP contribution in [-0.4, -0.2) is 34.1 Å². The summed E-state index contributed by atoms with van der Waals surface area (Å²) in [5.41, 5.74) is 0.172. The summed E-state index contributed by atoms with van der Waals surface area (Å²) in [6, 6.07) is 5.59. The molecule has 0 unspecified atom stereocenters. The number of aromatic hydroxyl groups is 2. The van der Waals surface area contributed by atoms with Crippen molar-refractivity contribution < 1.29 is 15.0 Å². The fourth-order valence-electron chi connectivity index (χ4n) is 1.51. The van der Waals surface area contributed by atoms with E-state index < -0.39 is 0 Å². The van der Waals surface area contributed by atoms with E-state index in [4.69, 9.17) is 5.26 Å². The molecule has 0 aromatic heterocycles. The van der Waals surface area contributed by atoms with E-state index in [1.165, 1.54) is 17.0 Å². The van der Waals surface area contributed by atoms with E-state index in [2.05, 4.69) is 0 Å². The highest BCUT2D eigenvalue weighted by molar-refractivity contribution is 5.95. The molecule has 0 aliphatic heterocycles. The number of carbonyl (C=O) groups is 1. The van der Waals surface area contributed by atoms with E-state index in [1.54, 1.807) is 0 Å². The number of hydrogen-bond acceptors (Lipinski definition) is 4. The number of phenols is 2. The molecule has 0 spiro atoms. The molecule has 17 heavy (non-hydrogen) atoms. The van der Waals surface area contributed by atoms with Crippen molar-refractivity contribution in [2.45, 2.75) is 13.3 Å². The van der Waals surface area contributed by atoms with Crippen LogP contribution in [0.15, 0.2) is 18.2 Å². The minimum atomic E-state index is -0.375. The van der Waals surface area contributed by atoms with Crippen molar-refractivity contribution in [2.24, 2.45) is 0 Å². The van der Waals surface area contributed by atoms with Gasteiger partial charge in [-0.15, -0.1) is 0 Å². The summed E-state index contributed by atoms with van der Waals surface area (Å²) in [5.74, 6) is -0.733. The highest BCUT2D eigenvalue weighted by atomic mass is 16.3. The van der Waals surface area contributed by atoms with Gasteiger partial charge in [-0.25, -0.2) is 0 Å². The van der Waals surface area contributed by atoms with Crippen molar-refractivity contribution >= 4 is 5.91 Å². The minimum absolute atomic E-state index is 0.0108. The van der Waals surface area contributed by atoms with Crippen LogP contribution in [0, 0.1) is 11.3 Å². The Hall–Kier alpha value is -2.22. The van der Waals surface area contributed by atoms with Gasteiger partial charge in [0.15, 0.2) is 0 Å². The van der Waals surface area contributed by atoms with E-state index in [-0.39, 0.29) is 29.5 Å². The topological polar surface area (TPSA) is 84.6 Å². The fraction of sp³-hybridized carbons (Fsp3) is 0.333. The Morgan fingerprint density at radius 3 is 2.41 bits per heavy atom. The number of rotatable bonds is 4. The Kier molecular flexibility index (Phi) is 4.35. The van der Waals surface area contributed by atoms with Crippen LogP contribution in [0.5, 0.6) is 11.5 Å². The number of phenolic OH excluding ortho intramolecular Hbond substituents is 2. The van der Waals surface area contributed by atoms with Crippen LogP contribution in [0.4, 0.5) is 0 Å². The molecule has 1 aromatic rings. The molecule has 1 rings (SSSR count). The van der Waals surface area contributed by atoms with Crippen molar-refractivity contribution in [2.75, 3.05) is 13.1 Å². The molecule has 1 amide bonds. The summed E-state index contributed by atoms with van der Waals surface area (Å²) < 4.78 is 0. The molecule has 5 heteroatoms. The molecule has 0 heterocycles. The first kappa shape index (κ1) is 12.8. The molecule has 1 aromatic carbocycles. The molecule has 0 aliphatic rings. The zero-order chi connectivity index (χ0) is 12.8. The minimum Gasteiger partial charge on any atom is -0.508 e. The molecule has 2 N–H and O–H groups in total. The quantitative estimate of drug-likeness (QED) is 0.772. The molecule has 0 saturated heterocycles. The van der Waals surface area contributed by atoms with Crippen LogP contribution in [0.2, 0.25) is 0 Å². The van der Waals surface area contributed by atoms with E-state index in [1.807, 2.05) is 13.0 Å². The highest BCUT2D eigenvalue weighted by Gasteiger charge is 2.15. The summed E-state index contributed by atoms with van der Waals surface area (Å²) in [7, 11) is 0. The molecule has 5 nitrogen and oxygen atoms in total. The number of hydrogen-bond donors (Lipinski definition) is 2. The van der Waals surface area contributed by atoms with E-state index in [9.17, 15) is 15.0 Å². The summed E-state index contributed by atoms with van der Waals surface area (Å²) in [5, 5.41) is 27.2. The second kappa shape index (κ2) is 5.75. The predicted molar refractivity (Wildman–Crippen MR) is 61.6 cm³/mol. The lowest BCUT2D eigenvalue weighted by Crippen LogP contribution is -2.32. The maximum absolute atomic E-state index is 12.0. The third-order valence-electron chi connectivity index (χ3n) is 2.19. The smallest absolute Gasteiger partial charge is 0.254 e. The lowest BCUT2D eigenvalue weighted by Gasteiger charge is -2.18. The van der Waals surface area contributed by atoms with Gasteiger partial charge in [0.2, 0.25) is 0 Å². The molecular weight excluding hydrogens is 220 g/mol. The van der Waals surface area contributed by atoms with Crippen LogP contribution in [-0.2, 0) is 0 Å². The standard InChI is InChI=1S/C12H14N2O3/c1-2-4-14(5-3-13)12(17)9-6-10(15)8-11(16)7-9/h6-8,15-16H,2,4-5H2,1H3. The molecule has 0 saturated carbocycles. The van der Waals surface area contributed by atoms with Crippen LogP contribution in [0.25, 0.3) is 0 Å². The van der Waals surface area contributed by atoms with Crippen LogP contribution in [0.3, 0.4) is 0 Å². The van der Waals surface area contributed by atoms with E-state index >= 15 is 0 Å².